The Labute approximate surface area is 224 Å². The topological polar surface area (TPSA) is 74.6 Å². The first-order chi connectivity index (χ1) is 17.6. The van der Waals surface area contributed by atoms with E-state index in [1.54, 1.807) is 0 Å². The maximum Gasteiger partial charge on any atom is 0.306 e. The number of rotatable bonds is 30. The van der Waals surface area contributed by atoms with Crippen LogP contribution in [-0.2, 0) is 9.59 Å². The van der Waals surface area contributed by atoms with Crippen LogP contribution in [0.15, 0.2) is 0 Å². The average Bonchev–Trinajstić information content (AvgIpc) is 2.85. The average molecular weight is 511 g/mol. The van der Waals surface area contributed by atoms with Crippen molar-refractivity contribution in [2.45, 2.75) is 187 Å². The first-order valence-electron chi connectivity index (χ1n) is 16.0. The van der Waals surface area contributed by atoms with Crippen LogP contribution in [0.3, 0.4) is 0 Å². The number of unbranched alkanes of at least 4 members (excludes halogenated alkanes) is 23. The SMILES string of the molecule is CCCCCCCCCCCCCCCCC(CCCCCCCCCCCCCC(=O)O)C(=O)O. The molecule has 2 N–H and O–H groups in total. The quantitative estimate of drug-likeness (QED) is 0.0942. The highest BCUT2D eigenvalue weighted by Gasteiger charge is 2.16. The van der Waals surface area contributed by atoms with Crippen molar-refractivity contribution >= 4 is 11.9 Å². The first kappa shape index (κ1) is 34.9. The highest BCUT2D eigenvalue weighted by atomic mass is 16.4. The van der Waals surface area contributed by atoms with Crippen molar-refractivity contribution in [1.82, 2.24) is 0 Å². The lowest BCUT2D eigenvalue weighted by atomic mass is 9.94. The Morgan fingerprint density at radius 3 is 1.00 bits per heavy atom. The van der Waals surface area contributed by atoms with Gasteiger partial charge in [0.2, 0.25) is 0 Å². The molecule has 4 heteroatoms. The van der Waals surface area contributed by atoms with E-state index in [9.17, 15) is 14.7 Å². The summed E-state index contributed by atoms with van der Waals surface area (Å²) in [6.45, 7) is 2.27. The minimum Gasteiger partial charge on any atom is -0.481 e. The van der Waals surface area contributed by atoms with Crippen LogP contribution in [0.25, 0.3) is 0 Å². The molecule has 1 atom stereocenters. The molecule has 0 aromatic heterocycles. The molecule has 0 aliphatic rings. The second kappa shape index (κ2) is 28.5. The molecule has 0 spiro atoms. The summed E-state index contributed by atoms with van der Waals surface area (Å²) >= 11 is 0. The van der Waals surface area contributed by atoms with Gasteiger partial charge in [0, 0.05) is 6.42 Å². The lowest BCUT2D eigenvalue weighted by Gasteiger charge is -2.12. The fourth-order valence-electron chi connectivity index (χ4n) is 5.23. The van der Waals surface area contributed by atoms with E-state index in [4.69, 9.17) is 5.11 Å². The molecule has 4 nitrogen and oxygen atoms in total. The van der Waals surface area contributed by atoms with Crippen LogP contribution in [0.5, 0.6) is 0 Å². The zero-order valence-corrected chi connectivity index (χ0v) is 24.1. The predicted molar refractivity (Wildman–Crippen MR) is 154 cm³/mol. The van der Waals surface area contributed by atoms with E-state index in [2.05, 4.69) is 6.92 Å². The number of hydrogen-bond acceptors (Lipinski definition) is 2. The standard InChI is InChI=1S/C32H62O4/c1-2-3-4-5-6-7-8-9-10-12-15-18-21-24-27-30(32(35)36)28-25-22-19-16-13-11-14-17-20-23-26-29-31(33)34/h30H,2-29H2,1H3,(H,33,34)(H,35,36). The molecule has 0 aliphatic carbocycles. The summed E-state index contributed by atoms with van der Waals surface area (Å²) in [7, 11) is 0. The highest BCUT2D eigenvalue weighted by molar-refractivity contribution is 5.69. The summed E-state index contributed by atoms with van der Waals surface area (Å²) in [5.74, 6) is -1.41. The molecule has 0 radical (unpaired) electrons. The van der Waals surface area contributed by atoms with E-state index in [-0.39, 0.29) is 5.92 Å². The zero-order chi connectivity index (χ0) is 26.5. The normalized spacial score (nSPS) is 12.1. The van der Waals surface area contributed by atoms with Crippen molar-refractivity contribution in [3.05, 3.63) is 0 Å². The van der Waals surface area contributed by atoms with Gasteiger partial charge in [-0.15, -0.1) is 0 Å². The van der Waals surface area contributed by atoms with E-state index in [1.165, 1.54) is 122 Å². The third kappa shape index (κ3) is 27.5. The van der Waals surface area contributed by atoms with Gasteiger partial charge >= 0.3 is 11.9 Å². The van der Waals surface area contributed by atoms with E-state index < -0.39 is 11.9 Å². The minimum absolute atomic E-state index is 0.136. The molecule has 0 aliphatic heterocycles. The van der Waals surface area contributed by atoms with Gasteiger partial charge in [-0.25, -0.2) is 0 Å². The fourth-order valence-corrected chi connectivity index (χ4v) is 5.23. The fraction of sp³-hybridized carbons (Fsp3) is 0.938. The molecule has 0 saturated heterocycles. The molecule has 0 aromatic carbocycles. The van der Waals surface area contributed by atoms with Crippen LogP contribution in [0.4, 0.5) is 0 Å². The van der Waals surface area contributed by atoms with Gasteiger partial charge in [0.05, 0.1) is 5.92 Å². The Morgan fingerprint density at radius 1 is 0.444 bits per heavy atom. The van der Waals surface area contributed by atoms with Gasteiger partial charge in [-0.05, 0) is 19.3 Å². The third-order valence-electron chi connectivity index (χ3n) is 7.70. The van der Waals surface area contributed by atoms with Gasteiger partial charge in [-0.2, -0.15) is 0 Å². The van der Waals surface area contributed by atoms with Gasteiger partial charge in [0.15, 0.2) is 0 Å². The van der Waals surface area contributed by atoms with Crippen molar-refractivity contribution in [3.63, 3.8) is 0 Å². The smallest absolute Gasteiger partial charge is 0.306 e. The zero-order valence-electron chi connectivity index (χ0n) is 24.1. The number of carboxylic acids is 2. The third-order valence-corrected chi connectivity index (χ3v) is 7.70. The van der Waals surface area contributed by atoms with Crippen molar-refractivity contribution in [1.29, 1.82) is 0 Å². The van der Waals surface area contributed by atoms with Crippen molar-refractivity contribution in [2.24, 2.45) is 5.92 Å². The lowest BCUT2D eigenvalue weighted by Crippen LogP contribution is -2.13. The number of carboxylic acid groups (broad SMARTS) is 2. The van der Waals surface area contributed by atoms with E-state index in [0.717, 1.165) is 51.4 Å². The Bertz CT molecular complexity index is 477. The molecule has 0 fully saturated rings. The maximum absolute atomic E-state index is 11.6. The largest absolute Gasteiger partial charge is 0.481 e. The van der Waals surface area contributed by atoms with Crippen molar-refractivity contribution in [2.75, 3.05) is 0 Å². The number of carbonyl (C=O) groups is 2. The summed E-state index contributed by atoms with van der Waals surface area (Å²) < 4.78 is 0. The number of aliphatic carboxylic acids is 2. The molecule has 0 saturated carbocycles. The second-order valence-corrected chi connectivity index (χ2v) is 11.2. The molecule has 36 heavy (non-hydrogen) atoms. The van der Waals surface area contributed by atoms with E-state index in [0.29, 0.717) is 6.42 Å². The molecule has 1 unspecified atom stereocenters. The van der Waals surface area contributed by atoms with Crippen LogP contribution in [0, 0.1) is 5.92 Å². The molecular formula is C32H62O4. The summed E-state index contributed by atoms with van der Waals surface area (Å²) in [5.41, 5.74) is 0. The predicted octanol–water partition coefficient (Wildman–Crippen LogP) is 10.7. The molecular weight excluding hydrogens is 448 g/mol. The highest BCUT2D eigenvalue weighted by Crippen LogP contribution is 2.20. The van der Waals surface area contributed by atoms with Crippen LogP contribution in [0.2, 0.25) is 0 Å². The Morgan fingerprint density at radius 2 is 0.722 bits per heavy atom. The van der Waals surface area contributed by atoms with Gasteiger partial charge in [-0.1, -0.05) is 161 Å². The Balaban J connectivity index is 3.41. The van der Waals surface area contributed by atoms with Gasteiger partial charge < -0.3 is 10.2 Å². The van der Waals surface area contributed by atoms with Crippen LogP contribution in [0.1, 0.15) is 187 Å². The summed E-state index contributed by atoms with van der Waals surface area (Å²) in [4.78, 5) is 22.1. The van der Waals surface area contributed by atoms with Gasteiger partial charge in [0.1, 0.15) is 0 Å². The van der Waals surface area contributed by atoms with Crippen molar-refractivity contribution in [3.8, 4) is 0 Å². The van der Waals surface area contributed by atoms with E-state index >= 15 is 0 Å². The summed E-state index contributed by atoms with van der Waals surface area (Å²) in [6.07, 6.45) is 33.6. The molecule has 0 rings (SSSR count). The van der Waals surface area contributed by atoms with Crippen molar-refractivity contribution < 1.29 is 19.8 Å². The van der Waals surface area contributed by atoms with Crippen LogP contribution >= 0.6 is 0 Å². The molecule has 0 aromatic rings. The summed E-state index contributed by atoms with van der Waals surface area (Å²) in [5, 5.41) is 18.2. The summed E-state index contributed by atoms with van der Waals surface area (Å²) in [6, 6.07) is 0. The van der Waals surface area contributed by atoms with E-state index in [1.807, 2.05) is 0 Å². The first-order valence-corrected chi connectivity index (χ1v) is 16.0. The van der Waals surface area contributed by atoms with Crippen LogP contribution < -0.4 is 0 Å². The molecule has 0 heterocycles. The number of hydrogen-bond donors (Lipinski definition) is 2. The second-order valence-electron chi connectivity index (χ2n) is 11.2. The Kier molecular flexibility index (Phi) is 27.7. The maximum atomic E-state index is 11.6. The van der Waals surface area contributed by atoms with Gasteiger partial charge in [0.25, 0.3) is 0 Å². The molecule has 214 valence electrons. The molecule has 0 amide bonds. The minimum atomic E-state index is -0.681. The van der Waals surface area contributed by atoms with Gasteiger partial charge in [-0.3, -0.25) is 9.59 Å². The lowest BCUT2D eigenvalue weighted by molar-refractivity contribution is -0.142. The Hall–Kier alpha value is -1.06. The van der Waals surface area contributed by atoms with Crippen LogP contribution in [-0.4, -0.2) is 22.2 Å². The monoisotopic (exact) mass is 510 g/mol. The molecule has 0 bridgehead atoms.